The number of halogens is 3. The highest BCUT2D eigenvalue weighted by molar-refractivity contribution is 7.09. The van der Waals surface area contributed by atoms with Gasteiger partial charge in [-0.2, -0.15) is 13.2 Å². The van der Waals surface area contributed by atoms with Gasteiger partial charge in [-0.15, -0.1) is 21.5 Å². The Balaban J connectivity index is 0.000000383. The zero-order valence-corrected chi connectivity index (χ0v) is 19.3. The molecule has 2 aliphatic rings. The van der Waals surface area contributed by atoms with Crippen LogP contribution >= 0.6 is 11.3 Å². The quantitative estimate of drug-likeness (QED) is 0.680. The maximum atomic E-state index is 12.3. The van der Waals surface area contributed by atoms with Crippen molar-refractivity contribution in [1.82, 2.24) is 30.0 Å². The van der Waals surface area contributed by atoms with Crippen molar-refractivity contribution in [2.75, 3.05) is 19.6 Å². The van der Waals surface area contributed by atoms with Crippen molar-refractivity contribution < 1.29 is 27.9 Å². The summed E-state index contributed by atoms with van der Waals surface area (Å²) >= 11 is 1.75. The number of nitrogens with one attached hydrogen (secondary N) is 1. The Morgan fingerprint density at radius 3 is 2.45 bits per heavy atom. The van der Waals surface area contributed by atoms with Gasteiger partial charge in [-0.25, -0.2) is 9.78 Å². The number of fused-ring (bicyclic) bond motifs is 1. The van der Waals surface area contributed by atoms with Gasteiger partial charge < -0.3 is 15.0 Å². The second kappa shape index (κ2) is 10.2. The second-order valence-electron chi connectivity index (χ2n) is 8.35. The number of piperidine rings is 1. The minimum absolute atomic E-state index is 0.111. The molecule has 4 heterocycles. The maximum absolute atomic E-state index is 12.3. The van der Waals surface area contributed by atoms with E-state index >= 15 is 0 Å². The van der Waals surface area contributed by atoms with Crippen molar-refractivity contribution in [3.05, 3.63) is 27.7 Å². The van der Waals surface area contributed by atoms with Crippen LogP contribution in [0.5, 0.6) is 0 Å². The third-order valence-electron chi connectivity index (χ3n) is 5.92. The third-order valence-corrected chi connectivity index (χ3v) is 6.88. The first-order valence-electron chi connectivity index (χ1n) is 10.7. The molecule has 0 aromatic carbocycles. The highest BCUT2D eigenvalue weighted by Crippen LogP contribution is 2.41. The first-order valence-corrected chi connectivity index (χ1v) is 11.5. The molecule has 0 atom stereocenters. The fraction of sp³-hybridized carbons (Fsp3) is 0.650. The van der Waals surface area contributed by atoms with Gasteiger partial charge in [0.1, 0.15) is 10.8 Å². The fourth-order valence-corrected chi connectivity index (χ4v) is 4.96. The first kappa shape index (κ1) is 25.1. The first-order chi connectivity index (χ1) is 15.5. The summed E-state index contributed by atoms with van der Waals surface area (Å²) in [6, 6.07) is 0. The van der Waals surface area contributed by atoms with E-state index in [0.29, 0.717) is 12.4 Å². The van der Waals surface area contributed by atoms with Gasteiger partial charge in [0.25, 0.3) is 5.91 Å². The van der Waals surface area contributed by atoms with Gasteiger partial charge in [0.2, 0.25) is 5.82 Å². The number of aromatic nitrogens is 4. The monoisotopic (exact) mass is 488 g/mol. The molecule has 1 spiro atoms. The largest absolute Gasteiger partial charge is 0.490 e. The average molecular weight is 489 g/mol. The van der Waals surface area contributed by atoms with Gasteiger partial charge in [0.15, 0.2) is 0 Å². The normalized spacial score (nSPS) is 17.7. The summed E-state index contributed by atoms with van der Waals surface area (Å²) in [5, 5.41) is 21.7. The van der Waals surface area contributed by atoms with E-state index in [1.807, 2.05) is 6.92 Å². The number of amides is 1. The summed E-state index contributed by atoms with van der Waals surface area (Å²) in [6.07, 6.45) is -0.712. The van der Waals surface area contributed by atoms with Crippen LogP contribution in [0, 0.1) is 12.3 Å². The lowest BCUT2D eigenvalue weighted by Gasteiger charge is -2.44. The smallest absolute Gasteiger partial charge is 0.475 e. The fourth-order valence-electron chi connectivity index (χ4n) is 4.15. The molecule has 13 heteroatoms. The summed E-state index contributed by atoms with van der Waals surface area (Å²) in [4.78, 5) is 28.3. The van der Waals surface area contributed by atoms with Gasteiger partial charge in [0.05, 0.1) is 6.54 Å². The van der Waals surface area contributed by atoms with Crippen LogP contribution in [0.3, 0.4) is 0 Å². The molecule has 0 unspecified atom stereocenters. The lowest BCUT2D eigenvalue weighted by Crippen LogP contribution is -2.44. The molecule has 0 radical (unpaired) electrons. The molecule has 1 fully saturated rings. The van der Waals surface area contributed by atoms with Gasteiger partial charge >= 0.3 is 12.1 Å². The Kier molecular flexibility index (Phi) is 7.73. The molecule has 2 aromatic rings. The standard InChI is InChI=1S/C18H26N6OS.C2HF3O2/c1-3-19-17(25)16-22-21-14-4-5-18(12-24(14)16)6-8-23(9-7-18)10-15-20-13(2)11-26-15;3-2(4,5)1(6)7/h11H,3-10,12H2,1-2H3,(H,19,25);(H,6,7). The molecule has 33 heavy (non-hydrogen) atoms. The minimum Gasteiger partial charge on any atom is -0.475 e. The number of nitrogens with zero attached hydrogens (tertiary/aromatic N) is 5. The molecule has 0 aliphatic carbocycles. The predicted molar refractivity (Wildman–Crippen MR) is 114 cm³/mol. The van der Waals surface area contributed by atoms with Crippen LogP contribution in [0.15, 0.2) is 5.38 Å². The second-order valence-corrected chi connectivity index (χ2v) is 9.29. The molecule has 1 saturated heterocycles. The Hall–Kier alpha value is -2.54. The van der Waals surface area contributed by atoms with E-state index in [1.165, 1.54) is 5.01 Å². The molecule has 4 rings (SSSR count). The molecule has 1 amide bonds. The number of hydrogen-bond acceptors (Lipinski definition) is 7. The highest BCUT2D eigenvalue weighted by atomic mass is 32.1. The van der Waals surface area contributed by atoms with Gasteiger partial charge in [-0.05, 0) is 51.6 Å². The van der Waals surface area contributed by atoms with Crippen molar-refractivity contribution in [3.8, 4) is 0 Å². The van der Waals surface area contributed by atoms with Crippen molar-refractivity contribution in [2.45, 2.75) is 58.8 Å². The van der Waals surface area contributed by atoms with Crippen molar-refractivity contribution >= 4 is 23.2 Å². The van der Waals surface area contributed by atoms with Crippen LogP contribution in [-0.4, -0.2) is 67.4 Å². The number of hydrogen-bond donors (Lipinski definition) is 2. The molecule has 2 aromatic heterocycles. The van der Waals surface area contributed by atoms with E-state index in [0.717, 1.165) is 63.4 Å². The van der Waals surface area contributed by atoms with Crippen LogP contribution < -0.4 is 5.32 Å². The van der Waals surface area contributed by atoms with E-state index in [1.54, 1.807) is 11.3 Å². The summed E-state index contributed by atoms with van der Waals surface area (Å²) in [6.45, 7) is 8.59. The number of carbonyl (C=O) groups excluding carboxylic acids is 1. The van der Waals surface area contributed by atoms with Crippen LogP contribution in [0.4, 0.5) is 13.2 Å². The number of thiazole rings is 1. The van der Waals surface area contributed by atoms with Crippen molar-refractivity contribution in [3.63, 3.8) is 0 Å². The van der Waals surface area contributed by atoms with Crippen molar-refractivity contribution in [2.24, 2.45) is 5.41 Å². The van der Waals surface area contributed by atoms with E-state index in [4.69, 9.17) is 9.90 Å². The van der Waals surface area contributed by atoms with E-state index in [9.17, 15) is 18.0 Å². The molecule has 0 bridgehead atoms. The van der Waals surface area contributed by atoms with E-state index in [2.05, 4.69) is 42.3 Å². The van der Waals surface area contributed by atoms with Gasteiger partial charge in [0, 0.05) is 30.6 Å². The van der Waals surface area contributed by atoms with E-state index < -0.39 is 12.1 Å². The number of aliphatic carboxylic acids is 1. The third kappa shape index (κ3) is 6.28. The molecule has 2 N–H and O–H groups in total. The van der Waals surface area contributed by atoms with Crippen LogP contribution in [-0.2, 0) is 24.3 Å². The number of alkyl halides is 3. The summed E-state index contributed by atoms with van der Waals surface area (Å²) in [5.74, 6) is -1.44. The Bertz CT molecular complexity index is 982. The molecule has 9 nitrogen and oxygen atoms in total. The van der Waals surface area contributed by atoms with Crippen LogP contribution in [0.2, 0.25) is 0 Å². The Morgan fingerprint density at radius 1 is 1.24 bits per heavy atom. The number of carboxylic acid groups (broad SMARTS) is 1. The lowest BCUT2D eigenvalue weighted by atomic mass is 9.73. The molecular formula is C20H27F3N6O3S. The van der Waals surface area contributed by atoms with Crippen LogP contribution in [0.25, 0.3) is 0 Å². The topological polar surface area (TPSA) is 113 Å². The number of likely N-dealkylation sites (tertiary alicyclic amines) is 1. The Labute approximate surface area is 193 Å². The summed E-state index contributed by atoms with van der Waals surface area (Å²) in [5.41, 5.74) is 1.38. The zero-order valence-electron chi connectivity index (χ0n) is 18.5. The average Bonchev–Trinajstić information content (AvgIpc) is 3.35. The highest BCUT2D eigenvalue weighted by Gasteiger charge is 2.40. The zero-order chi connectivity index (χ0) is 24.2. The van der Waals surface area contributed by atoms with E-state index in [-0.39, 0.29) is 11.3 Å². The Morgan fingerprint density at radius 2 is 1.91 bits per heavy atom. The predicted octanol–water partition coefficient (Wildman–Crippen LogP) is 2.65. The number of carboxylic acids is 1. The lowest BCUT2D eigenvalue weighted by molar-refractivity contribution is -0.192. The number of carbonyl (C=O) groups is 2. The van der Waals surface area contributed by atoms with Gasteiger partial charge in [-0.3, -0.25) is 9.69 Å². The molecule has 2 aliphatic heterocycles. The van der Waals surface area contributed by atoms with Gasteiger partial charge in [-0.1, -0.05) is 0 Å². The number of aryl methyl sites for hydroxylation is 2. The van der Waals surface area contributed by atoms with Crippen LogP contribution in [0.1, 0.15) is 53.3 Å². The number of rotatable bonds is 4. The summed E-state index contributed by atoms with van der Waals surface area (Å²) in [7, 11) is 0. The maximum Gasteiger partial charge on any atom is 0.490 e. The minimum atomic E-state index is -5.08. The molecule has 0 saturated carbocycles. The molecule has 182 valence electrons. The SMILES string of the molecule is CCNC(=O)c1nnc2n1CC1(CC2)CCN(Cc2nc(C)cs2)CC1.O=C(O)C(F)(F)F. The van der Waals surface area contributed by atoms with Crippen molar-refractivity contribution in [1.29, 1.82) is 0 Å². The molecular weight excluding hydrogens is 461 g/mol. The summed E-state index contributed by atoms with van der Waals surface area (Å²) < 4.78 is 33.8.